The van der Waals surface area contributed by atoms with E-state index in [0.717, 1.165) is 34.9 Å². The summed E-state index contributed by atoms with van der Waals surface area (Å²) < 4.78 is 40.5. The first-order valence-corrected chi connectivity index (χ1v) is 29.1. The number of aryl methyl sites for hydroxylation is 2. The van der Waals surface area contributed by atoms with Crippen molar-refractivity contribution in [3.05, 3.63) is 140 Å². The standard InChI is InChI=1S/C23H30ClNO4.C20H24ClNO3.C14H20BrNO3.C5H4BrNO/c1-6-7-17-8-10-20(19(24)13-17)28-21-11-9-18(14-25-21)27-15-16(2)12-22(26)29-23(3,4)5;1-4-5-16-6-8-19(18(21)11-16)25-20-9-7-17(12-22-20)24-13-14(2)10-15(3)23;1-10(7-13(17)19-14(2,3)4)9-18-11-5-6-12(15)16-8-11;6-5-2-1-4(8)3-7-5/h8-11,13-14,16H,6-7,12,15H2,1-5H3;6-9,11-12,14H,4-5,10,13H2,1-3H3;5-6,8,10H,7,9H2,1-4H3;1-3,8H/t16-;14-;10-;/m111./s1. The number of halogens is 4. The molecular weight excluding hydrogens is 1210 g/mol. The highest BCUT2D eigenvalue weighted by Gasteiger charge is 2.20. The van der Waals surface area contributed by atoms with Crippen LogP contribution < -0.4 is 23.7 Å². The summed E-state index contributed by atoms with van der Waals surface area (Å²) in [5.41, 5.74) is 1.46. The minimum Gasteiger partial charge on any atom is -0.506 e. The van der Waals surface area contributed by atoms with Gasteiger partial charge in [0.15, 0.2) is 0 Å². The van der Waals surface area contributed by atoms with Gasteiger partial charge in [0, 0.05) is 30.4 Å². The third-order valence-corrected chi connectivity index (χ3v) is 12.0. The molecule has 0 radical (unpaired) electrons. The second-order valence-electron chi connectivity index (χ2n) is 21.3. The molecule has 19 heteroatoms. The highest BCUT2D eigenvalue weighted by molar-refractivity contribution is 9.10. The lowest BCUT2D eigenvalue weighted by molar-refractivity contribution is -0.157. The number of ketones is 1. The quantitative estimate of drug-likeness (QED) is 0.0471. The minimum absolute atomic E-state index is 0.0289. The molecule has 0 aliphatic heterocycles. The third-order valence-electron chi connectivity index (χ3n) is 10.4. The predicted molar refractivity (Wildman–Crippen MR) is 325 cm³/mol. The molecule has 15 nitrogen and oxygen atoms in total. The summed E-state index contributed by atoms with van der Waals surface area (Å²) in [7, 11) is 0. The normalized spacial score (nSPS) is 12.0. The van der Waals surface area contributed by atoms with Crippen LogP contribution in [0.25, 0.3) is 0 Å². The first-order chi connectivity index (χ1) is 38.2. The average Bonchev–Trinajstić information content (AvgIpc) is 3.38. The Hall–Kier alpha value is -6.01. The van der Waals surface area contributed by atoms with Gasteiger partial charge >= 0.3 is 11.9 Å². The van der Waals surface area contributed by atoms with E-state index in [9.17, 15) is 14.4 Å². The molecule has 4 aromatic heterocycles. The summed E-state index contributed by atoms with van der Waals surface area (Å²) in [5, 5.41) is 9.81. The van der Waals surface area contributed by atoms with Gasteiger partial charge in [-0.3, -0.25) is 9.59 Å². The van der Waals surface area contributed by atoms with Gasteiger partial charge in [-0.05, 0) is 171 Å². The Morgan fingerprint density at radius 1 is 0.531 bits per heavy atom. The van der Waals surface area contributed by atoms with Crippen LogP contribution in [0, 0.1) is 17.8 Å². The van der Waals surface area contributed by atoms with E-state index in [0.29, 0.717) is 89.6 Å². The first-order valence-electron chi connectivity index (χ1n) is 26.8. The zero-order valence-corrected chi connectivity index (χ0v) is 53.2. The molecule has 440 valence electrons. The Morgan fingerprint density at radius 3 is 1.20 bits per heavy atom. The number of aromatic hydroxyl groups is 1. The SMILES string of the molecule is CCCc1ccc(Oc2ccc(OC[C@H](C)CC(=O)OC(C)(C)C)cn2)c(Cl)c1.CCCc1ccc(Oc2ccc(OC[C@H](C)CC(C)=O)cn2)c(Cl)c1.C[C@@H](COc1ccc(Br)nc1)CC(=O)OC(C)(C)C.Oc1ccc(Br)nc1. The van der Waals surface area contributed by atoms with E-state index in [2.05, 4.69) is 65.6 Å². The Kier molecular flexibility index (Phi) is 30.6. The van der Waals surface area contributed by atoms with E-state index in [1.165, 1.54) is 17.3 Å². The number of nitrogens with zero attached hydrogens (tertiary/aromatic N) is 4. The molecule has 0 amide bonds. The summed E-state index contributed by atoms with van der Waals surface area (Å²) >= 11 is 18.9. The molecule has 2 aromatic carbocycles. The second-order valence-corrected chi connectivity index (χ2v) is 23.7. The number of ether oxygens (including phenoxy) is 7. The van der Waals surface area contributed by atoms with Crippen molar-refractivity contribution < 1.29 is 52.6 Å². The molecule has 0 bridgehead atoms. The van der Waals surface area contributed by atoms with E-state index in [4.69, 9.17) is 61.5 Å². The maximum absolute atomic E-state index is 11.9. The topological polar surface area (TPSA) is 188 Å². The van der Waals surface area contributed by atoms with E-state index in [1.807, 2.05) is 111 Å². The molecule has 6 rings (SSSR count). The van der Waals surface area contributed by atoms with Crippen LogP contribution in [-0.2, 0) is 36.7 Å². The van der Waals surface area contributed by atoms with Crippen molar-refractivity contribution in [1.82, 2.24) is 19.9 Å². The van der Waals surface area contributed by atoms with Crippen LogP contribution in [0.2, 0.25) is 10.0 Å². The van der Waals surface area contributed by atoms with Crippen molar-refractivity contribution in [3.8, 4) is 46.3 Å². The molecule has 3 atom stereocenters. The number of hydrogen-bond donors (Lipinski definition) is 1. The molecule has 0 saturated heterocycles. The molecule has 0 aliphatic rings. The number of aromatic nitrogens is 4. The molecule has 4 heterocycles. The Bertz CT molecular complexity index is 2790. The van der Waals surface area contributed by atoms with Crippen molar-refractivity contribution in [2.45, 2.75) is 139 Å². The number of carbonyl (C=O) groups excluding carboxylic acids is 3. The monoisotopic (exact) mass is 1280 g/mol. The molecule has 0 spiro atoms. The van der Waals surface area contributed by atoms with E-state index >= 15 is 0 Å². The molecule has 0 fully saturated rings. The second kappa shape index (κ2) is 35.8. The average molecular weight is 1290 g/mol. The zero-order valence-electron chi connectivity index (χ0n) is 48.5. The van der Waals surface area contributed by atoms with Crippen LogP contribution in [-0.4, -0.2) is 73.8 Å². The van der Waals surface area contributed by atoms with Crippen molar-refractivity contribution in [1.29, 1.82) is 0 Å². The third kappa shape index (κ3) is 31.1. The van der Waals surface area contributed by atoms with Gasteiger partial charge in [0.2, 0.25) is 11.8 Å². The molecule has 1 N–H and O–H groups in total. The van der Waals surface area contributed by atoms with Crippen LogP contribution in [0.4, 0.5) is 0 Å². The smallest absolute Gasteiger partial charge is 0.306 e. The fourth-order valence-corrected chi connectivity index (χ4v) is 7.88. The maximum Gasteiger partial charge on any atom is 0.306 e. The van der Waals surface area contributed by atoms with Crippen molar-refractivity contribution >= 4 is 72.8 Å². The van der Waals surface area contributed by atoms with Crippen LogP contribution in [0.15, 0.2) is 119 Å². The highest BCUT2D eigenvalue weighted by Crippen LogP contribution is 2.32. The number of benzene rings is 2. The molecule has 0 unspecified atom stereocenters. The summed E-state index contributed by atoms with van der Waals surface area (Å²) in [6, 6.07) is 25.5. The Balaban J connectivity index is 0.000000302. The van der Waals surface area contributed by atoms with E-state index in [-0.39, 0.29) is 41.2 Å². The lowest BCUT2D eigenvalue weighted by Gasteiger charge is -2.21. The number of pyridine rings is 4. The number of hydrogen-bond acceptors (Lipinski definition) is 15. The van der Waals surface area contributed by atoms with Gasteiger partial charge in [-0.1, -0.05) is 82.8 Å². The fraction of sp³-hybridized carbons (Fsp3) is 0.435. The number of esters is 2. The summed E-state index contributed by atoms with van der Waals surface area (Å²) in [5.74, 6) is 4.22. The molecule has 0 saturated carbocycles. The number of Topliss-reactive ketones (excluding diaryl/α,β-unsaturated/α-hetero) is 1. The molecule has 6 aromatic rings. The van der Waals surface area contributed by atoms with Crippen molar-refractivity contribution in [2.75, 3.05) is 19.8 Å². The van der Waals surface area contributed by atoms with Gasteiger partial charge in [0.1, 0.15) is 60.7 Å². The van der Waals surface area contributed by atoms with Gasteiger partial charge in [-0.15, -0.1) is 0 Å². The molecule has 81 heavy (non-hydrogen) atoms. The van der Waals surface area contributed by atoms with Gasteiger partial charge in [-0.2, -0.15) is 0 Å². The summed E-state index contributed by atoms with van der Waals surface area (Å²) in [6.45, 7) is 24.2. The van der Waals surface area contributed by atoms with Crippen LogP contribution in [0.3, 0.4) is 0 Å². The lowest BCUT2D eigenvalue weighted by atomic mass is 10.1. The van der Waals surface area contributed by atoms with Crippen molar-refractivity contribution in [2.24, 2.45) is 17.8 Å². The fourth-order valence-electron chi connectivity index (χ4n) is 6.93. The largest absolute Gasteiger partial charge is 0.506 e. The van der Waals surface area contributed by atoms with Gasteiger partial charge < -0.3 is 43.1 Å². The van der Waals surface area contributed by atoms with Gasteiger partial charge in [0.25, 0.3) is 0 Å². The Labute approximate surface area is 505 Å². The van der Waals surface area contributed by atoms with Gasteiger partial charge in [-0.25, -0.2) is 19.9 Å². The molecule has 0 aliphatic carbocycles. The maximum atomic E-state index is 11.9. The van der Waals surface area contributed by atoms with Crippen LogP contribution in [0.1, 0.15) is 126 Å². The number of carbonyl (C=O) groups is 3. The van der Waals surface area contributed by atoms with E-state index < -0.39 is 11.2 Å². The van der Waals surface area contributed by atoms with Crippen molar-refractivity contribution in [3.63, 3.8) is 0 Å². The molecular formula is C62H78Br2Cl2N4O11. The summed E-state index contributed by atoms with van der Waals surface area (Å²) in [4.78, 5) is 50.9. The van der Waals surface area contributed by atoms with E-state index in [1.54, 1.807) is 61.9 Å². The minimum atomic E-state index is -0.476. The van der Waals surface area contributed by atoms with Gasteiger partial charge in [0.05, 0.1) is 67.5 Å². The van der Waals surface area contributed by atoms with Crippen LogP contribution in [0.5, 0.6) is 46.3 Å². The first kappa shape index (κ1) is 69.3. The Morgan fingerprint density at radius 2 is 0.901 bits per heavy atom. The van der Waals surface area contributed by atoms with Crippen LogP contribution >= 0.6 is 55.1 Å². The zero-order chi connectivity index (χ0) is 60.1. The summed E-state index contributed by atoms with van der Waals surface area (Å²) in [6.07, 6.45) is 11.5. The predicted octanol–water partition coefficient (Wildman–Crippen LogP) is 16.8. The number of rotatable bonds is 23. The lowest BCUT2D eigenvalue weighted by Crippen LogP contribution is -2.26. The highest BCUT2D eigenvalue weighted by atomic mass is 79.9.